The lowest BCUT2D eigenvalue weighted by Gasteiger charge is -2.06. The number of anilines is 1. The number of carbonyl (C=O) groups is 2. The average Bonchev–Trinajstić information content (AvgIpc) is 2.76. The van der Waals surface area contributed by atoms with Crippen molar-refractivity contribution < 1.29 is 14.3 Å². The minimum absolute atomic E-state index is 0.344. The first-order valence-corrected chi connectivity index (χ1v) is 10.5. The first-order chi connectivity index (χ1) is 15.0. The maximum absolute atomic E-state index is 11.9. The lowest BCUT2D eigenvalue weighted by Crippen LogP contribution is -2.24. The Kier molecular flexibility index (Phi) is 8.20. The molecular formula is C23H19BrClN3O3. The Morgan fingerprint density at radius 3 is 2.29 bits per heavy atom. The molecule has 0 spiro atoms. The van der Waals surface area contributed by atoms with E-state index in [-0.39, 0.29) is 6.42 Å². The maximum atomic E-state index is 11.9. The second-order valence-corrected chi connectivity index (χ2v) is 7.86. The highest BCUT2D eigenvalue weighted by Gasteiger charge is 2.09. The molecule has 158 valence electrons. The van der Waals surface area contributed by atoms with E-state index in [4.69, 9.17) is 16.3 Å². The Balaban J connectivity index is 1.41. The van der Waals surface area contributed by atoms with Gasteiger partial charge in [0.1, 0.15) is 18.8 Å². The van der Waals surface area contributed by atoms with Crippen molar-refractivity contribution in [2.75, 3.05) is 5.32 Å². The van der Waals surface area contributed by atoms with Crippen molar-refractivity contribution in [3.05, 3.63) is 93.4 Å². The summed E-state index contributed by atoms with van der Waals surface area (Å²) in [7, 11) is 0. The Morgan fingerprint density at radius 1 is 0.935 bits per heavy atom. The van der Waals surface area contributed by atoms with Crippen LogP contribution in [0.5, 0.6) is 5.75 Å². The molecule has 31 heavy (non-hydrogen) atoms. The van der Waals surface area contributed by atoms with Crippen molar-refractivity contribution in [1.29, 1.82) is 0 Å². The predicted molar refractivity (Wildman–Crippen MR) is 125 cm³/mol. The predicted octanol–water partition coefficient (Wildman–Crippen LogP) is 5.16. The number of benzene rings is 3. The number of rotatable bonds is 8. The van der Waals surface area contributed by atoms with E-state index in [2.05, 4.69) is 31.8 Å². The van der Waals surface area contributed by atoms with Crippen LogP contribution in [0.15, 0.2) is 82.4 Å². The number of ether oxygens (including phenoxy) is 1. The summed E-state index contributed by atoms with van der Waals surface area (Å²) in [5.74, 6) is -0.234. The highest BCUT2D eigenvalue weighted by Crippen LogP contribution is 2.16. The minimum atomic E-state index is -0.517. The van der Waals surface area contributed by atoms with Crippen LogP contribution in [0.2, 0.25) is 5.02 Å². The molecule has 8 heteroatoms. The number of nitrogens with zero attached hydrogens (tertiary/aromatic N) is 1. The van der Waals surface area contributed by atoms with E-state index in [0.29, 0.717) is 17.3 Å². The van der Waals surface area contributed by atoms with Crippen LogP contribution < -0.4 is 15.5 Å². The molecule has 0 aliphatic rings. The van der Waals surface area contributed by atoms with Gasteiger partial charge in [-0.15, -0.1) is 0 Å². The standard InChI is InChI=1S/C23H19BrClN3O3/c24-18-5-1-17(2-6-18)15-31-21-11-3-16(4-12-21)14-26-28-23(30)13-22(29)27-20-9-7-19(25)8-10-20/h1-12,14H,13,15H2,(H,27,29)(H,28,30). The summed E-state index contributed by atoms with van der Waals surface area (Å²) in [6.07, 6.45) is 1.15. The summed E-state index contributed by atoms with van der Waals surface area (Å²) in [6.45, 7) is 0.467. The summed E-state index contributed by atoms with van der Waals surface area (Å²) >= 11 is 9.20. The Bertz CT molecular complexity index is 1050. The molecule has 0 aliphatic carbocycles. The van der Waals surface area contributed by atoms with Gasteiger partial charge in [0.15, 0.2) is 0 Å². The van der Waals surface area contributed by atoms with Gasteiger partial charge >= 0.3 is 0 Å². The van der Waals surface area contributed by atoms with Gasteiger partial charge in [-0.25, -0.2) is 5.43 Å². The van der Waals surface area contributed by atoms with Gasteiger partial charge in [0.2, 0.25) is 11.8 Å². The fraction of sp³-hybridized carbons (Fsp3) is 0.0870. The van der Waals surface area contributed by atoms with Crippen LogP contribution in [-0.2, 0) is 16.2 Å². The molecule has 0 atom stereocenters. The normalized spacial score (nSPS) is 10.6. The number of hydrogen-bond acceptors (Lipinski definition) is 4. The van der Waals surface area contributed by atoms with E-state index in [1.54, 1.807) is 24.3 Å². The summed E-state index contributed by atoms with van der Waals surface area (Å²) in [6, 6.07) is 21.8. The molecule has 0 radical (unpaired) electrons. The molecule has 6 nitrogen and oxygen atoms in total. The van der Waals surface area contributed by atoms with Crippen LogP contribution >= 0.6 is 27.5 Å². The molecule has 0 fully saturated rings. The van der Waals surface area contributed by atoms with Crippen molar-refractivity contribution in [2.45, 2.75) is 13.0 Å². The smallest absolute Gasteiger partial charge is 0.249 e. The van der Waals surface area contributed by atoms with Gasteiger partial charge in [0, 0.05) is 15.2 Å². The summed E-state index contributed by atoms with van der Waals surface area (Å²) < 4.78 is 6.77. The summed E-state index contributed by atoms with van der Waals surface area (Å²) in [4.78, 5) is 23.7. The van der Waals surface area contributed by atoms with Gasteiger partial charge < -0.3 is 10.1 Å². The van der Waals surface area contributed by atoms with Crippen molar-refractivity contribution in [3.63, 3.8) is 0 Å². The molecule has 0 aromatic heterocycles. The van der Waals surface area contributed by atoms with Gasteiger partial charge in [-0.05, 0) is 71.8 Å². The molecule has 3 aromatic rings. The van der Waals surface area contributed by atoms with Crippen LogP contribution in [0.3, 0.4) is 0 Å². The molecule has 3 aromatic carbocycles. The van der Waals surface area contributed by atoms with E-state index in [9.17, 15) is 9.59 Å². The second kappa shape index (κ2) is 11.3. The third-order valence-electron chi connectivity index (χ3n) is 4.05. The first-order valence-electron chi connectivity index (χ1n) is 9.32. The first kappa shape index (κ1) is 22.5. The molecular weight excluding hydrogens is 482 g/mol. The molecule has 0 saturated heterocycles. The molecule has 3 rings (SSSR count). The highest BCUT2D eigenvalue weighted by molar-refractivity contribution is 9.10. The zero-order valence-electron chi connectivity index (χ0n) is 16.3. The van der Waals surface area contributed by atoms with Crippen LogP contribution in [0.1, 0.15) is 17.5 Å². The molecule has 0 aliphatic heterocycles. The molecule has 0 unspecified atom stereocenters. The van der Waals surface area contributed by atoms with Crippen LogP contribution in [-0.4, -0.2) is 18.0 Å². The summed E-state index contributed by atoms with van der Waals surface area (Å²) in [5.41, 5.74) is 4.75. The zero-order valence-corrected chi connectivity index (χ0v) is 18.7. The topological polar surface area (TPSA) is 79.8 Å². The number of amides is 2. The van der Waals surface area contributed by atoms with E-state index in [0.717, 1.165) is 21.3 Å². The number of halogens is 2. The number of hydrazone groups is 1. The average molecular weight is 501 g/mol. The van der Waals surface area contributed by atoms with Crippen LogP contribution in [0.25, 0.3) is 0 Å². The monoisotopic (exact) mass is 499 g/mol. The van der Waals surface area contributed by atoms with E-state index in [1.165, 1.54) is 6.21 Å². The fourth-order valence-electron chi connectivity index (χ4n) is 2.50. The third kappa shape index (κ3) is 7.88. The molecule has 0 saturated carbocycles. The fourth-order valence-corrected chi connectivity index (χ4v) is 2.89. The Morgan fingerprint density at radius 2 is 1.61 bits per heavy atom. The van der Waals surface area contributed by atoms with Crippen molar-refractivity contribution >= 4 is 51.2 Å². The van der Waals surface area contributed by atoms with Gasteiger partial charge in [-0.1, -0.05) is 39.7 Å². The molecule has 2 N–H and O–H groups in total. The van der Waals surface area contributed by atoms with E-state index < -0.39 is 11.8 Å². The summed E-state index contributed by atoms with van der Waals surface area (Å²) in [5, 5.41) is 7.06. The van der Waals surface area contributed by atoms with Gasteiger partial charge in [-0.3, -0.25) is 9.59 Å². The molecule has 2 amide bonds. The number of nitrogens with one attached hydrogen (secondary N) is 2. The van der Waals surface area contributed by atoms with Crippen molar-refractivity contribution in [2.24, 2.45) is 5.10 Å². The number of hydrogen-bond donors (Lipinski definition) is 2. The quantitative estimate of drug-likeness (QED) is 0.255. The largest absolute Gasteiger partial charge is 0.489 e. The highest BCUT2D eigenvalue weighted by atomic mass is 79.9. The van der Waals surface area contributed by atoms with Crippen LogP contribution in [0.4, 0.5) is 5.69 Å². The Labute approximate surface area is 193 Å². The van der Waals surface area contributed by atoms with Crippen molar-refractivity contribution in [3.8, 4) is 5.75 Å². The van der Waals surface area contributed by atoms with Crippen molar-refractivity contribution in [1.82, 2.24) is 5.43 Å². The third-order valence-corrected chi connectivity index (χ3v) is 4.83. The minimum Gasteiger partial charge on any atom is -0.489 e. The zero-order chi connectivity index (χ0) is 22.1. The second-order valence-electron chi connectivity index (χ2n) is 6.51. The van der Waals surface area contributed by atoms with Gasteiger partial charge in [0.25, 0.3) is 0 Å². The molecule has 0 bridgehead atoms. The van der Waals surface area contributed by atoms with Gasteiger partial charge in [0.05, 0.1) is 6.21 Å². The van der Waals surface area contributed by atoms with Gasteiger partial charge in [-0.2, -0.15) is 5.10 Å². The van der Waals surface area contributed by atoms with Crippen LogP contribution in [0, 0.1) is 0 Å². The lowest BCUT2D eigenvalue weighted by molar-refractivity contribution is -0.126. The lowest BCUT2D eigenvalue weighted by atomic mass is 10.2. The molecule has 0 heterocycles. The van der Waals surface area contributed by atoms with E-state index in [1.807, 2.05) is 48.5 Å². The Hall–Kier alpha value is -3.16. The SMILES string of the molecule is O=C(CC(=O)Nc1ccc(Cl)cc1)NN=Cc1ccc(OCc2ccc(Br)cc2)cc1. The van der Waals surface area contributed by atoms with E-state index >= 15 is 0 Å². The number of carbonyl (C=O) groups excluding carboxylic acids is 2. The maximum Gasteiger partial charge on any atom is 0.249 e.